The number of fused-ring (bicyclic) bond motifs is 3. The molecule has 2 heterocycles. The lowest BCUT2D eigenvalue weighted by Gasteiger charge is -2.14. The van der Waals surface area contributed by atoms with E-state index < -0.39 is 0 Å². The van der Waals surface area contributed by atoms with Crippen LogP contribution in [0.4, 0.5) is 0 Å². The monoisotopic (exact) mass is 411 g/mol. The number of carbonyl (C=O) groups is 1. The quantitative estimate of drug-likeness (QED) is 0.501. The van der Waals surface area contributed by atoms with Crippen LogP contribution in [0.25, 0.3) is 10.2 Å². The van der Waals surface area contributed by atoms with E-state index in [0.717, 1.165) is 29.5 Å². The van der Waals surface area contributed by atoms with E-state index in [1.807, 2.05) is 6.92 Å². The van der Waals surface area contributed by atoms with Crippen LogP contribution >= 0.6 is 23.1 Å². The van der Waals surface area contributed by atoms with E-state index >= 15 is 0 Å². The molecule has 0 fully saturated rings. The van der Waals surface area contributed by atoms with Gasteiger partial charge in [0.25, 0.3) is 5.56 Å². The first-order chi connectivity index (χ1) is 13.0. The highest BCUT2D eigenvalue weighted by Crippen LogP contribution is 2.35. The summed E-state index contributed by atoms with van der Waals surface area (Å²) in [6.45, 7) is 3.19. The summed E-state index contributed by atoms with van der Waals surface area (Å²) in [5, 5.41) is 4.20. The van der Waals surface area contributed by atoms with Crippen LogP contribution in [0.3, 0.4) is 0 Å². The van der Waals surface area contributed by atoms with Crippen LogP contribution in [0.1, 0.15) is 23.8 Å². The van der Waals surface area contributed by atoms with E-state index in [9.17, 15) is 9.59 Å². The van der Waals surface area contributed by atoms with Gasteiger partial charge < -0.3 is 14.8 Å². The fourth-order valence-corrected chi connectivity index (χ4v) is 5.43. The van der Waals surface area contributed by atoms with Crippen molar-refractivity contribution in [2.24, 2.45) is 0 Å². The summed E-state index contributed by atoms with van der Waals surface area (Å²) < 4.78 is 11.8. The summed E-state index contributed by atoms with van der Waals surface area (Å²) in [6, 6.07) is -0.0607. The van der Waals surface area contributed by atoms with E-state index in [-0.39, 0.29) is 23.3 Å². The number of rotatable bonds is 9. The summed E-state index contributed by atoms with van der Waals surface area (Å²) >= 11 is 2.90. The summed E-state index contributed by atoms with van der Waals surface area (Å²) in [5.74, 6) is 0.0928. The number of hydrogen-bond acceptors (Lipinski definition) is 7. The summed E-state index contributed by atoms with van der Waals surface area (Å²) in [4.78, 5) is 32.1. The van der Waals surface area contributed by atoms with Crippen LogP contribution in [0.5, 0.6) is 0 Å². The molecule has 0 unspecified atom stereocenters. The van der Waals surface area contributed by atoms with Gasteiger partial charge in [0.05, 0.1) is 30.9 Å². The van der Waals surface area contributed by atoms with E-state index in [0.29, 0.717) is 24.9 Å². The van der Waals surface area contributed by atoms with E-state index in [1.54, 1.807) is 30.1 Å². The molecule has 1 atom stereocenters. The van der Waals surface area contributed by atoms with Gasteiger partial charge >= 0.3 is 0 Å². The molecular formula is C18H25N3O4S2. The molecule has 0 spiro atoms. The number of thiophene rings is 1. The largest absolute Gasteiger partial charge is 0.383 e. The molecule has 0 aliphatic heterocycles. The highest BCUT2D eigenvalue weighted by molar-refractivity contribution is 7.99. The molecule has 3 rings (SSSR count). The van der Waals surface area contributed by atoms with Crippen LogP contribution < -0.4 is 10.9 Å². The maximum atomic E-state index is 13.1. The Balaban J connectivity index is 1.85. The molecule has 2 aromatic rings. The van der Waals surface area contributed by atoms with Crippen LogP contribution in [-0.4, -0.2) is 54.7 Å². The molecule has 0 bridgehead atoms. The SMILES string of the molecule is COCCn1c(SCC(=O)N[C@H](C)COC)nc2sc3c(c2c1=O)CCC3. The Morgan fingerprint density at radius 2 is 2.19 bits per heavy atom. The van der Waals surface area contributed by atoms with E-state index in [1.165, 1.54) is 22.2 Å². The molecule has 0 radical (unpaired) electrons. The number of nitrogens with one attached hydrogen (secondary N) is 1. The first-order valence-electron chi connectivity index (χ1n) is 9.00. The van der Waals surface area contributed by atoms with Crippen molar-refractivity contribution in [2.75, 3.05) is 33.2 Å². The zero-order chi connectivity index (χ0) is 19.4. The minimum absolute atomic E-state index is 0.0212. The summed E-state index contributed by atoms with van der Waals surface area (Å²) in [7, 11) is 3.21. The Bertz CT molecular complexity index is 878. The van der Waals surface area contributed by atoms with Gasteiger partial charge in [-0.2, -0.15) is 0 Å². The molecule has 1 N–H and O–H groups in total. The number of ether oxygens (including phenoxy) is 2. The van der Waals surface area contributed by atoms with E-state index in [4.69, 9.17) is 14.5 Å². The zero-order valence-corrected chi connectivity index (χ0v) is 17.5. The third kappa shape index (κ3) is 4.53. The lowest BCUT2D eigenvalue weighted by Crippen LogP contribution is -2.36. The number of hydrogen-bond donors (Lipinski definition) is 1. The van der Waals surface area contributed by atoms with Crippen molar-refractivity contribution in [3.63, 3.8) is 0 Å². The topological polar surface area (TPSA) is 82.4 Å². The second-order valence-electron chi connectivity index (χ2n) is 6.59. The van der Waals surface area contributed by atoms with Gasteiger partial charge in [0.15, 0.2) is 5.16 Å². The predicted octanol–water partition coefficient (Wildman–Crippen LogP) is 1.84. The maximum Gasteiger partial charge on any atom is 0.263 e. The molecule has 1 aliphatic rings. The van der Waals surface area contributed by atoms with Gasteiger partial charge in [-0.15, -0.1) is 11.3 Å². The second kappa shape index (κ2) is 9.18. The molecule has 27 heavy (non-hydrogen) atoms. The highest BCUT2D eigenvalue weighted by atomic mass is 32.2. The van der Waals surface area contributed by atoms with Crippen molar-refractivity contribution in [1.82, 2.24) is 14.9 Å². The third-order valence-corrected chi connectivity index (χ3v) is 6.63. The Labute approximate surface area is 166 Å². The Morgan fingerprint density at radius 3 is 2.93 bits per heavy atom. The van der Waals surface area contributed by atoms with Crippen molar-refractivity contribution in [2.45, 2.75) is 43.9 Å². The lowest BCUT2D eigenvalue weighted by atomic mass is 10.2. The predicted molar refractivity (Wildman–Crippen MR) is 108 cm³/mol. The molecule has 0 aromatic carbocycles. The van der Waals surface area contributed by atoms with Gasteiger partial charge in [0.1, 0.15) is 4.83 Å². The average Bonchev–Trinajstić information content (AvgIpc) is 3.20. The van der Waals surface area contributed by atoms with Gasteiger partial charge in [-0.3, -0.25) is 14.2 Å². The molecule has 1 aliphatic carbocycles. The average molecular weight is 412 g/mol. The summed E-state index contributed by atoms with van der Waals surface area (Å²) in [6.07, 6.45) is 3.07. The molecule has 2 aromatic heterocycles. The van der Waals surface area contributed by atoms with Crippen molar-refractivity contribution in [3.8, 4) is 0 Å². The fourth-order valence-electron chi connectivity index (χ4n) is 3.29. The smallest absolute Gasteiger partial charge is 0.263 e. The van der Waals surface area contributed by atoms with E-state index in [2.05, 4.69) is 5.32 Å². The second-order valence-corrected chi connectivity index (χ2v) is 8.62. The maximum absolute atomic E-state index is 13.1. The first kappa shape index (κ1) is 20.3. The normalized spacial score (nSPS) is 14.5. The van der Waals surface area contributed by atoms with Gasteiger partial charge in [0, 0.05) is 25.1 Å². The zero-order valence-electron chi connectivity index (χ0n) is 15.9. The Hall–Kier alpha value is -1.42. The van der Waals surface area contributed by atoms with Crippen LogP contribution in [0.2, 0.25) is 0 Å². The van der Waals surface area contributed by atoms with Crippen molar-refractivity contribution in [3.05, 3.63) is 20.8 Å². The van der Waals surface area contributed by atoms with Crippen molar-refractivity contribution >= 4 is 39.2 Å². The Kier molecular flexibility index (Phi) is 6.91. The van der Waals surface area contributed by atoms with Gasteiger partial charge in [-0.05, 0) is 31.7 Å². The minimum atomic E-state index is -0.106. The molecule has 0 saturated heterocycles. The molecule has 0 saturated carbocycles. The van der Waals surface area contributed by atoms with Crippen molar-refractivity contribution in [1.29, 1.82) is 0 Å². The standard InChI is InChI=1S/C18H25N3O4S2/c1-11(9-25-3)19-14(22)10-26-18-20-16-15(12-5-4-6-13(12)27-16)17(23)21(18)7-8-24-2/h11H,4-10H2,1-3H3,(H,19,22)/t11-/m1/s1. The van der Waals surface area contributed by atoms with Crippen LogP contribution in [0.15, 0.2) is 9.95 Å². The first-order valence-corrected chi connectivity index (χ1v) is 10.8. The van der Waals surface area contributed by atoms with Crippen molar-refractivity contribution < 1.29 is 14.3 Å². The molecule has 148 valence electrons. The molecule has 9 heteroatoms. The molecule has 1 amide bonds. The third-order valence-electron chi connectivity index (χ3n) is 4.47. The Morgan fingerprint density at radius 1 is 1.37 bits per heavy atom. The molecule has 7 nitrogen and oxygen atoms in total. The number of aromatic nitrogens is 2. The lowest BCUT2D eigenvalue weighted by molar-refractivity contribution is -0.119. The number of methoxy groups -OCH3 is 2. The summed E-state index contributed by atoms with van der Waals surface area (Å²) in [5.41, 5.74) is 1.15. The highest BCUT2D eigenvalue weighted by Gasteiger charge is 2.23. The number of amides is 1. The van der Waals surface area contributed by atoms with Crippen LogP contribution in [0, 0.1) is 0 Å². The number of aryl methyl sites for hydroxylation is 2. The minimum Gasteiger partial charge on any atom is -0.383 e. The number of nitrogens with zero attached hydrogens (tertiary/aromatic N) is 2. The van der Waals surface area contributed by atoms with Gasteiger partial charge in [0.2, 0.25) is 5.91 Å². The van der Waals surface area contributed by atoms with Gasteiger partial charge in [-0.1, -0.05) is 11.8 Å². The fraction of sp³-hybridized carbons (Fsp3) is 0.611. The number of carbonyl (C=O) groups excluding carboxylic acids is 1. The van der Waals surface area contributed by atoms with Crippen LogP contribution in [-0.2, 0) is 33.7 Å². The van der Waals surface area contributed by atoms with Gasteiger partial charge in [-0.25, -0.2) is 4.98 Å². The number of thioether (sulfide) groups is 1. The molecular weight excluding hydrogens is 386 g/mol.